The smallest absolute Gasteiger partial charge is 0.338 e. The van der Waals surface area contributed by atoms with Crippen LogP contribution in [0.4, 0.5) is 0 Å². The van der Waals surface area contributed by atoms with Crippen molar-refractivity contribution < 1.29 is 9.53 Å². The summed E-state index contributed by atoms with van der Waals surface area (Å²) < 4.78 is 5.46. The number of pyridine rings is 1. The number of benzene rings is 2. The van der Waals surface area contributed by atoms with Crippen molar-refractivity contribution >= 4 is 5.97 Å². The number of aryl methyl sites for hydroxylation is 2. The van der Waals surface area contributed by atoms with E-state index in [1.54, 1.807) is 6.20 Å². The van der Waals surface area contributed by atoms with Crippen LogP contribution in [0.25, 0.3) is 11.1 Å². The van der Waals surface area contributed by atoms with Crippen molar-refractivity contribution in [2.24, 2.45) is 0 Å². The molecule has 3 rings (SSSR count). The van der Waals surface area contributed by atoms with Crippen molar-refractivity contribution in [2.75, 3.05) is 6.61 Å². The number of nitrogens with zero attached hydrogens (tertiary/aromatic N) is 1. The highest BCUT2D eigenvalue weighted by Crippen LogP contribution is 2.24. The van der Waals surface area contributed by atoms with Crippen LogP contribution in [0.3, 0.4) is 0 Å². The van der Waals surface area contributed by atoms with Gasteiger partial charge < -0.3 is 4.74 Å². The number of unbranched alkanes of at least 4 members (excludes halogenated alkanes) is 5. The van der Waals surface area contributed by atoms with Crippen molar-refractivity contribution in [3.8, 4) is 11.1 Å². The predicted octanol–water partition coefficient (Wildman–Crippen LogP) is 7.36. The van der Waals surface area contributed by atoms with Gasteiger partial charge in [-0.1, -0.05) is 81.5 Å². The molecule has 1 aromatic heterocycles. The molecule has 0 saturated carbocycles. The van der Waals surface area contributed by atoms with Gasteiger partial charge in [-0.25, -0.2) is 4.79 Å². The molecule has 0 N–H and O–H groups in total. The first-order valence-electron chi connectivity index (χ1n) is 11.9. The van der Waals surface area contributed by atoms with E-state index in [0.717, 1.165) is 23.2 Å². The number of rotatable bonds is 12. The highest BCUT2D eigenvalue weighted by molar-refractivity contribution is 5.91. The topological polar surface area (TPSA) is 39.2 Å². The van der Waals surface area contributed by atoms with E-state index < -0.39 is 0 Å². The first kappa shape index (κ1) is 23.7. The second kappa shape index (κ2) is 12.8. The standard InChI is InChI=1S/C29H35NO2/c1-3-4-5-6-7-8-11-24-13-15-25(16-14-24)26-17-18-28(23(2)22-26)29(31)32-21-19-27-12-9-10-20-30-27/h9-10,12-18,20,22H,3-8,11,19,21H2,1-2H3. The molecule has 0 fully saturated rings. The van der Waals surface area contributed by atoms with E-state index in [2.05, 4.69) is 42.2 Å². The Bertz CT molecular complexity index is 964. The summed E-state index contributed by atoms with van der Waals surface area (Å²) in [4.78, 5) is 16.7. The van der Waals surface area contributed by atoms with E-state index in [9.17, 15) is 4.79 Å². The van der Waals surface area contributed by atoms with Gasteiger partial charge in [0.2, 0.25) is 0 Å². The van der Waals surface area contributed by atoms with Gasteiger partial charge in [0.1, 0.15) is 0 Å². The van der Waals surface area contributed by atoms with Crippen molar-refractivity contribution in [1.82, 2.24) is 4.98 Å². The van der Waals surface area contributed by atoms with Crippen LogP contribution in [0.2, 0.25) is 0 Å². The molecular weight excluding hydrogens is 394 g/mol. The van der Waals surface area contributed by atoms with E-state index >= 15 is 0 Å². The Morgan fingerprint density at radius 1 is 0.844 bits per heavy atom. The summed E-state index contributed by atoms with van der Waals surface area (Å²) in [7, 11) is 0. The summed E-state index contributed by atoms with van der Waals surface area (Å²) in [5.41, 5.74) is 6.17. The minimum absolute atomic E-state index is 0.278. The van der Waals surface area contributed by atoms with E-state index in [-0.39, 0.29) is 5.97 Å². The predicted molar refractivity (Wildman–Crippen MR) is 132 cm³/mol. The van der Waals surface area contributed by atoms with Crippen molar-refractivity contribution in [1.29, 1.82) is 0 Å². The third-order valence-corrected chi connectivity index (χ3v) is 5.87. The molecule has 0 atom stereocenters. The lowest BCUT2D eigenvalue weighted by Crippen LogP contribution is -2.10. The molecule has 0 aliphatic rings. The Hall–Kier alpha value is -2.94. The molecule has 0 saturated heterocycles. The Morgan fingerprint density at radius 2 is 1.59 bits per heavy atom. The molecular formula is C29H35NO2. The minimum atomic E-state index is -0.278. The number of hydrogen-bond acceptors (Lipinski definition) is 3. The van der Waals surface area contributed by atoms with E-state index in [1.807, 2.05) is 37.3 Å². The van der Waals surface area contributed by atoms with Crippen LogP contribution in [0.1, 0.15) is 72.6 Å². The lowest BCUT2D eigenvalue weighted by atomic mass is 9.98. The molecule has 32 heavy (non-hydrogen) atoms. The second-order valence-corrected chi connectivity index (χ2v) is 8.45. The van der Waals surface area contributed by atoms with Gasteiger partial charge in [0, 0.05) is 18.3 Å². The second-order valence-electron chi connectivity index (χ2n) is 8.45. The zero-order valence-corrected chi connectivity index (χ0v) is 19.5. The van der Waals surface area contributed by atoms with Crippen LogP contribution in [0.5, 0.6) is 0 Å². The van der Waals surface area contributed by atoms with E-state index in [0.29, 0.717) is 18.6 Å². The van der Waals surface area contributed by atoms with Crippen molar-refractivity contribution in [3.63, 3.8) is 0 Å². The van der Waals surface area contributed by atoms with Gasteiger partial charge in [0.15, 0.2) is 0 Å². The quantitative estimate of drug-likeness (QED) is 0.223. The number of hydrogen-bond donors (Lipinski definition) is 0. The minimum Gasteiger partial charge on any atom is -0.462 e. The normalized spacial score (nSPS) is 10.8. The van der Waals surface area contributed by atoms with Crippen LogP contribution in [-0.2, 0) is 17.6 Å². The van der Waals surface area contributed by atoms with Crippen LogP contribution in [-0.4, -0.2) is 17.6 Å². The summed E-state index contributed by atoms with van der Waals surface area (Å²) in [6, 6.07) is 20.5. The van der Waals surface area contributed by atoms with E-state index in [4.69, 9.17) is 4.74 Å². The third kappa shape index (κ3) is 7.33. The Morgan fingerprint density at radius 3 is 2.31 bits per heavy atom. The molecule has 0 spiro atoms. The molecule has 0 unspecified atom stereocenters. The number of carbonyl (C=O) groups excluding carboxylic acids is 1. The number of esters is 1. The Labute approximate surface area is 192 Å². The largest absolute Gasteiger partial charge is 0.462 e. The summed E-state index contributed by atoms with van der Waals surface area (Å²) >= 11 is 0. The van der Waals surface area contributed by atoms with Gasteiger partial charge in [-0.3, -0.25) is 4.98 Å². The third-order valence-electron chi connectivity index (χ3n) is 5.87. The van der Waals surface area contributed by atoms with Crippen LogP contribution >= 0.6 is 0 Å². The molecule has 2 aromatic carbocycles. The fraction of sp³-hybridized carbons (Fsp3) is 0.379. The zero-order chi connectivity index (χ0) is 22.6. The molecule has 0 amide bonds. The summed E-state index contributed by atoms with van der Waals surface area (Å²) in [5, 5.41) is 0. The lowest BCUT2D eigenvalue weighted by Gasteiger charge is -2.10. The van der Waals surface area contributed by atoms with Gasteiger partial charge in [-0.05, 0) is 60.2 Å². The summed E-state index contributed by atoms with van der Waals surface area (Å²) in [6.07, 6.45) is 11.5. The average Bonchev–Trinajstić information content (AvgIpc) is 2.82. The molecule has 0 aliphatic carbocycles. The Balaban J connectivity index is 1.51. The van der Waals surface area contributed by atoms with Gasteiger partial charge in [-0.15, -0.1) is 0 Å². The Kier molecular flexibility index (Phi) is 9.49. The SMILES string of the molecule is CCCCCCCCc1ccc(-c2ccc(C(=O)OCCc3ccccn3)c(C)c2)cc1. The zero-order valence-electron chi connectivity index (χ0n) is 19.5. The molecule has 168 valence electrons. The van der Waals surface area contributed by atoms with Gasteiger partial charge in [-0.2, -0.15) is 0 Å². The molecule has 3 nitrogen and oxygen atoms in total. The maximum absolute atomic E-state index is 12.5. The first-order valence-corrected chi connectivity index (χ1v) is 11.9. The fourth-order valence-corrected chi connectivity index (χ4v) is 3.92. The van der Waals surface area contributed by atoms with Gasteiger partial charge in [0.25, 0.3) is 0 Å². The maximum Gasteiger partial charge on any atom is 0.338 e. The monoisotopic (exact) mass is 429 g/mol. The number of carbonyl (C=O) groups is 1. The number of ether oxygens (including phenoxy) is 1. The van der Waals surface area contributed by atoms with Crippen molar-refractivity contribution in [2.45, 2.75) is 65.2 Å². The number of aromatic nitrogens is 1. The molecule has 0 radical (unpaired) electrons. The molecule has 1 heterocycles. The van der Waals surface area contributed by atoms with Crippen LogP contribution in [0, 0.1) is 6.92 Å². The average molecular weight is 430 g/mol. The van der Waals surface area contributed by atoms with Gasteiger partial charge in [0.05, 0.1) is 12.2 Å². The molecule has 3 aromatic rings. The maximum atomic E-state index is 12.5. The highest BCUT2D eigenvalue weighted by Gasteiger charge is 2.12. The lowest BCUT2D eigenvalue weighted by molar-refractivity contribution is 0.0507. The summed E-state index contributed by atoms with van der Waals surface area (Å²) in [6.45, 7) is 4.55. The molecule has 0 bridgehead atoms. The molecule has 3 heteroatoms. The highest BCUT2D eigenvalue weighted by atomic mass is 16.5. The molecule has 0 aliphatic heterocycles. The fourth-order valence-electron chi connectivity index (χ4n) is 3.92. The van der Waals surface area contributed by atoms with E-state index in [1.165, 1.54) is 49.7 Å². The first-order chi connectivity index (χ1) is 15.7. The summed E-state index contributed by atoms with van der Waals surface area (Å²) in [5.74, 6) is -0.278. The van der Waals surface area contributed by atoms with Gasteiger partial charge >= 0.3 is 5.97 Å². The van der Waals surface area contributed by atoms with Crippen LogP contribution in [0.15, 0.2) is 66.9 Å². The van der Waals surface area contributed by atoms with Crippen molar-refractivity contribution in [3.05, 3.63) is 89.2 Å². The van der Waals surface area contributed by atoms with Crippen LogP contribution < -0.4 is 0 Å².